The lowest BCUT2D eigenvalue weighted by Gasteiger charge is -2.32. The van der Waals surface area contributed by atoms with Crippen molar-refractivity contribution in [3.63, 3.8) is 0 Å². The number of halogens is 1. The molecule has 8 nitrogen and oxygen atoms in total. The molecule has 0 bridgehead atoms. The summed E-state index contributed by atoms with van der Waals surface area (Å²) in [6.45, 7) is 4.10. The van der Waals surface area contributed by atoms with Crippen LogP contribution in [0.5, 0.6) is 5.75 Å². The van der Waals surface area contributed by atoms with Gasteiger partial charge in [-0.3, -0.25) is 9.59 Å². The van der Waals surface area contributed by atoms with Crippen LogP contribution in [0.25, 0.3) is 0 Å². The number of methoxy groups -OCH3 is 1. The Balaban J connectivity index is 2.29. The Kier molecular flexibility index (Phi) is 11.0. The van der Waals surface area contributed by atoms with Crippen molar-refractivity contribution in [2.75, 3.05) is 27.2 Å². The van der Waals surface area contributed by atoms with Gasteiger partial charge in [0.05, 0.1) is 18.6 Å². The van der Waals surface area contributed by atoms with E-state index in [0.29, 0.717) is 23.7 Å². The molecule has 0 spiro atoms. The normalized spacial score (nSPS) is 12.3. The molecule has 35 heavy (non-hydrogen) atoms. The molecule has 0 radical (unpaired) electrons. The highest BCUT2D eigenvalue weighted by atomic mass is 35.5. The second-order valence-electron chi connectivity index (χ2n) is 8.15. The lowest BCUT2D eigenvalue weighted by Crippen LogP contribution is -2.51. The fourth-order valence-electron chi connectivity index (χ4n) is 3.51. The highest BCUT2D eigenvalue weighted by molar-refractivity contribution is 7.89. The number of likely N-dealkylation sites (N-methyl/N-ethyl adjacent to an activating group) is 1. The average molecular weight is 524 g/mol. The van der Waals surface area contributed by atoms with Crippen molar-refractivity contribution in [1.29, 1.82) is 0 Å². The zero-order valence-electron chi connectivity index (χ0n) is 20.7. The molecule has 2 aromatic carbocycles. The standard InChI is InChI=1S/C25H34ClN3O5S/c1-5-7-16-27-25(31)23(6-2)29(17-19-8-12-21(34-4)13-9-19)24(30)18-28(3)35(32,33)22-14-10-20(26)11-15-22/h8-15,23H,5-7,16-18H2,1-4H3,(H,27,31). The van der Waals surface area contributed by atoms with Crippen LogP contribution in [0.4, 0.5) is 0 Å². The highest BCUT2D eigenvalue weighted by Gasteiger charge is 2.31. The van der Waals surface area contributed by atoms with Crippen LogP contribution in [-0.2, 0) is 26.2 Å². The summed E-state index contributed by atoms with van der Waals surface area (Å²) in [5, 5.41) is 3.30. The van der Waals surface area contributed by atoms with Crippen LogP contribution in [0.1, 0.15) is 38.7 Å². The minimum absolute atomic E-state index is 0.0308. The number of nitrogens with zero attached hydrogens (tertiary/aromatic N) is 2. The Bertz CT molecular complexity index is 1080. The molecule has 0 aliphatic rings. The fourth-order valence-corrected chi connectivity index (χ4v) is 4.75. The molecule has 0 aliphatic heterocycles. The van der Waals surface area contributed by atoms with Gasteiger partial charge in [-0.15, -0.1) is 0 Å². The number of hydrogen-bond donors (Lipinski definition) is 1. The number of benzene rings is 2. The Morgan fingerprint density at radius 2 is 1.69 bits per heavy atom. The third kappa shape index (κ3) is 7.95. The minimum Gasteiger partial charge on any atom is -0.497 e. The summed E-state index contributed by atoms with van der Waals surface area (Å²) in [5.74, 6) is -0.0610. The summed E-state index contributed by atoms with van der Waals surface area (Å²) < 4.78 is 32.2. The smallest absolute Gasteiger partial charge is 0.243 e. The van der Waals surface area contributed by atoms with Crippen molar-refractivity contribution >= 4 is 33.4 Å². The van der Waals surface area contributed by atoms with Crippen molar-refractivity contribution in [3.05, 3.63) is 59.1 Å². The minimum atomic E-state index is -3.93. The molecule has 0 saturated carbocycles. The molecule has 0 aromatic heterocycles. The van der Waals surface area contributed by atoms with Gasteiger partial charge in [0.25, 0.3) is 0 Å². The zero-order chi connectivity index (χ0) is 26.0. The molecule has 1 atom stereocenters. The van der Waals surface area contributed by atoms with Crippen molar-refractivity contribution in [1.82, 2.24) is 14.5 Å². The Morgan fingerprint density at radius 1 is 1.06 bits per heavy atom. The lowest BCUT2D eigenvalue weighted by molar-refractivity contribution is -0.141. The van der Waals surface area contributed by atoms with E-state index in [1.165, 1.54) is 36.2 Å². The molecule has 0 fully saturated rings. The molecule has 192 valence electrons. The first-order chi connectivity index (χ1) is 16.6. The van der Waals surface area contributed by atoms with Crippen molar-refractivity contribution in [2.24, 2.45) is 0 Å². The molecule has 10 heteroatoms. The number of carbonyl (C=O) groups is 2. The maximum Gasteiger partial charge on any atom is 0.243 e. The second-order valence-corrected chi connectivity index (χ2v) is 10.6. The van der Waals surface area contributed by atoms with E-state index < -0.39 is 28.5 Å². The first-order valence-electron chi connectivity index (χ1n) is 11.6. The molecule has 0 heterocycles. The molecule has 0 aliphatic carbocycles. The van der Waals surface area contributed by atoms with E-state index in [1.54, 1.807) is 19.2 Å². The number of ether oxygens (including phenoxy) is 1. The summed E-state index contributed by atoms with van der Waals surface area (Å²) in [5.41, 5.74) is 0.794. The lowest BCUT2D eigenvalue weighted by atomic mass is 10.1. The number of carbonyl (C=O) groups excluding carboxylic acids is 2. The van der Waals surface area contributed by atoms with E-state index >= 15 is 0 Å². The van der Waals surface area contributed by atoms with Crippen LogP contribution in [0, 0.1) is 0 Å². The number of hydrogen-bond acceptors (Lipinski definition) is 5. The molecular formula is C25H34ClN3O5S. The summed E-state index contributed by atoms with van der Waals surface area (Å²) in [6.07, 6.45) is 2.14. The number of nitrogens with one attached hydrogen (secondary N) is 1. The predicted octanol–water partition coefficient (Wildman–Crippen LogP) is 3.69. The van der Waals surface area contributed by atoms with Crippen molar-refractivity contribution in [2.45, 2.75) is 50.6 Å². The molecule has 0 saturated heterocycles. The van der Waals surface area contributed by atoms with E-state index in [2.05, 4.69) is 5.32 Å². The van der Waals surface area contributed by atoms with E-state index in [0.717, 1.165) is 22.7 Å². The first kappa shape index (κ1) is 28.6. The summed E-state index contributed by atoms with van der Waals surface area (Å²) >= 11 is 5.87. The molecule has 2 rings (SSSR count). The number of sulfonamides is 1. The predicted molar refractivity (Wildman–Crippen MR) is 137 cm³/mol. The van der Waals surface area contributed by atoms with Gasteiger partial charge in [-0.25, -0.2) is 8.42 Å². The Labute approximate surface area is 213 Å². The van der Waals surface area contributed by atoms with Crippen LogP contribution in [0.15, 0.2) is 53.4 Å². The largest absolute Gasteiger partial charge is 0.497 e. The maximum atomic E-state index is 13.4. The van der Waals surface area contributed by atoms with Gasteiger partial charge in [0.1, 0.15) is 11.8 Å². The molecular weight excluding hydrogens is 490 g/mol. The summed E-state index contributed by atoms with van der Waals surface area (Å²) in [4.78, 5) is 27.9. The number of rotatable bonds is 13. The van der Waals surface area contributed by atoms with E-state index in [9.17, 15) is 18.0 Å². The fraction of sp³-hybridized carbons (Fsp3) is 0.440. The Morgan fingerprint density at radius 3 is 2.23 bits per heavy atom. The monoisotopic (exact) mass is 523 g/mol. The van der Waals surface area contributed by atoms with E-state index in [-0.39, 0.29) is 17.3 Å². The number of unbranched alkanes of at least 4 members (excludes halogenated alkanes) is 1. The van der Waals surface area contributed by atoms with Gasteiger partial charge in [0.15, 0.2) is 0 Å². The van der Waals surface area contributed by atoms with Gasteiger partial charge in [0.2, 0.25) is 21.8 Å². The molecule has 1 N–H and O–H groups in total. The van der Waals surface area contributed by atoms with Crippen molar-refractivity contribution in [3.8, 4) is 5.75 Å². The van der Waals surface area contributed by atoms with Gasteiger partial charge >= 0.3 is 0 Å². The number of amides is 2. The third-order valence-corrected chi connectivity index (χ3v) is 7.68. The maximum absolute atomic E-state index is 13.4. The highest BCUT2D eigenvalue weighted by Crippen LogP contribution is 2.20. The van der Waals surface area contributed by atoms with Gasteiger partial charge in [-0.2, -0.15) is 4.31 Å². The van der Waals surface area contributed by atoms with Gasteiger partial charge < -0.3 is 15.0 Å². The van der Waals surface area contributed by atoms with Crippen LogP contribution < -0.4 is 10.1 Å². The van der Waals surface area contributed by atoms with Gasteiger partial charge in [-0.05, 0) is 54.8 Å². The van der Waals surface area contributed by atoms with E-state index in [4.69, 9.17) is 16.3 Å². The summed E-state index contributed by atoms with van der Waals surface area (Å²) in [6, 6.07) is 12.2. The first-order valence-corrected chi connectivity index (χ1v) is 13.4. The zero-order valence-corrected chi connectivity index (χ0v) is 22.2. The molecule has 2 amide bonds. The molecule has 2 aromatic rings. The third-order valence-electron chi connectivity index (χ3n) is 5.61. The van der Waals surface area contributed by atoms with Crippen molar-refractivity contribution < 1.29 is 22.7 Å². The van der Waals surface area contributed by atoms with Crippen LogP contribution in [0.3, 0.4) is 0 Å². The SMILES string of the molecule is CCCCNC(=O)C(CC)N(Cc1ccc(OC)cc1)C(=O)CN(C)S(=O)(=O)c1ccc(Cl)cc1. The summed E-state index contributed by atoms with van der Waals surface area (Å²) in [7, 11) is -1.02. The van der Waals surface area contributed by atoms with Crippen LogP contribution >= 0.6 is 11.6 Å². The van der Waals surface area contributed by atoms with E-state index in [1.807, 2.05) is 26.0 Å². The van der Waals surface area contributed by atoms with Crippen LogP contribution in [-0.4, -0.2) is 62.7 Å². The molecule has 1 unspecified atom stereocenters. The van der Waals surface area contributed by atoms with Crippen LogP contribution in [0.2, 0.25) is 5.02 Å². The topological polar surface area (TPSA) is 96.0 Å². The van der Waals surface area contributed by atoms with Gasteiger partial charge in [0, 0.05) is 25.2 Å². The van der Waals surface area contributed by atoms with Gasteiger partial charge in [-0.1, -0.05) is 44.0 Å². The Hall–Kier alpha value is -2.62. The average Bonchev–Trinajstić information content (AvgIpc) is 2.84. The second kappa shape index (κ2) is 13.5. The quantitative estimate of drug-likeness (QED) is 0.404.